The first-order chi connectivity index (χ1) is 7.09. The van der Waals surface area contributed by atoms with Gasteiger partial charge in [-0.1, -0.05) is 12.1 Å². The maximum Gasteiger partial charge on any atom is 0.221 e. The fourth-order valence-corrected chi connectivity index (χ4v) is 1.71. The lowest BCUT2D eigenvalue weighted by atomic mass is 10.0. The second kappa shape index (κ2) is 3.42. The third-order valence-electron chi connectivity index (χ3n) is 2.71. The van der Waals surface area contributed by atoms with Crippen LogP contribution in [0.5, 0.6) is 0 Å². The van der Waals surface area contributed by atoms with Gasteiger partial charge in [0.2, 0.25) is 5.91 Å². The Morgan fingerprint density at radius 2 is 2.13 bits per heavy atom. The predicted molar refractivity (Wildman–Crippen MR) is 58.6 cm³/mol. The summed E-state index contributed by atoms with van der Waals surface area (Å²) in [6, 6.07) is 4.00. The number of fused-ring (bicyclic) bond motifs is 1. The molecule has 0 aliphatic carbocycles. The molecular weight excluding hydrogens is 190 g/mol. The summed E-state index contributed by atoms with van der Waals surface area (Å²) in [6.45, 7) is 4.04. The zero-order valence-electron chi connectivity index (χ0n) is 8.83. The first-order valence-corrected chi connectivity index (χ1v) is 4.84. The fourth-order valence-electron chi connectivity index (χ4n) is 1.71. The van der Waals surface area contributed by atoms with Crippen molar-refractivity contribution in [2.75, 3.05) is 0 Å². The molecular formula is C12H13NO2. The summed E-state index contributed by atoms with van der Waals surface area (Å²) in [7, 11) is 0. The molecule has 1 aromatic heterocycles. The van der Waals surface area contributed by atoms with Crippen molar-refractivity contribution in [1.29, 1.82) is 0 Å². The molecule has 0 aliphatic rings. The van der Waals surface area contributed by atoms with Crippen molar-refractivity contribution >= 4 is 16.9 Å². The number of furan rings is 1. The first-order valence-electron chi connectivity index (χ1n) is 4.84. The van der Waals surface area contributed by atoms with Gasteiger partial charge in [-0.05, 0) is 25.0 Å². The summed E-state index contributed by atoms with van der Waals surface area (Å²) in [5, 5.41) is 0.983. The molecule has 2 N–H and O–H groups in total. The van der Waals surface area contributed by atoms with E-state index in [2.05, 4.69) is 0 Å². The Bertz CT molecular complexity index is 526. The number of hydrogen-bond acceptors (Lipinski definition) is 2. The van der Waals surface area contributed by atoms with E-state index < -0.39 is 0 Å². The number of rotatable bonds is 2. The first kappa shape index (κ1) is 9.77. The average molecular weight is 203 g/mol. The van der Waals surface area contributed by atoms with E-state index in [1.807, 2.05) is 26.0 Å². The highest BCUT2D eigenvalue weighted by Gasteiger charge is 2.10. The van der Waals surface area contributed by atoms with E-state index >= 15 is 0 Å². The number of hydrogen-bond donors (Lipinski definition) is 1. The molecule has 0 bridgehead atoms. The molecule has 15 heavy (non-hydrogen) atoms. The van der Waals surface area contributed by atoms with E-state index in [9.17, 15) is 4.79 Å². The van der Waals surface area contributed by atoms with Gasteiger partial charge in [0.05, 0.1) is 12.7 Å². The quantitative estimate of drug-likeness (QED) is 0.812. The van der Waals surface area contributed by atoms with Gasteiger partial charge in [-0.25, -0.2) is 0 Å². The van der Waals surface area contributed by atoms with E-state index in [1.165, 1.54) is 5.56 Å². The summed E-state index contributed by atoms with van der Waals surface area (Å²) in [6.07, 6.45) is 1.84. The molecule has 0 atom stereocenters. The highest BCUT2D eigenvalue weighted by Crippen LogP contribution is 2.26. The van der Waals surface area contributed by atoms with Crippen LogP contribution in [0.15, 0.2) is 22.8 Å². The lowest BCUT2D eigenvalue weighted by Gasteiger charge is -2.00. The molecule has 3 nitrogen and oxygen atoms in total. The van der Waals surface area contributed by atoms with Gasteiger partial charge in [0.1, 0.15) is 5.58 Å². The number of benzene rings is 1. The second-order valence-corrected chi connectivity index (χ2v) is 3.79. The molecule has 0 fully saturated rings. The molecule has 0 saturated heterocycles. The van der Waals surface area contributed by atoms with E-state index in [4.69, 9.17) is 10.2 Å². The van der Waals surface area contributed by atoms with Crippen molar-refractivity contribution in [3.63, 3.8) is 0 Å². The Morgan fingerprint density at radius 3 is 2.80 bits per heavy atom. The van der Waals surface area contributed by atoms with Crippen molar-refractivity contribution in [2.45, 2.75) is 20.3 Å². The Labute approximate surface area is 87.9 Å². The van der Waals surface area contributed by atoms with Crippen molar-refractivity contribution in [3.8, 4) is 0 Å². The predicted octanol–water partition coefficient (Wildman–Crippen LogP) is 2.08. The molecule has 78 valence electrons. The average Bonchev–Trinajstić information content (AvgIpc) is 2.55. The molecule has 1 aromatic carbocycles. The van der Waals surface area contributed by atoms with Gasteiger partial charge in [-0.3, -0.25) is 4.79 Å². The highest BCUT2D eigenvalue weighted by molar-refractivity contribution is 5.89. The maximum atomic E-state index is 10.8. The fraction of sp³-hybridized carbons (Fsp3) is 0.250. The normalized spacial score (nSPS) is 10.8. The second-order valence-electron chi connectivity index (χ2n) is 3.79. The van der Waals surface area contributed by atoms with Crippen LogP contribution >= 0.6 is 0 Å². The zero-order chi connectivity index (χ0) is 11.0. The van der Waals surface area contributed by atoms with Crippen LogP contribution in [0.25, 0.3) is 11.0 Å². The number of aryl methyl sites for hydroxylation is 2. The van der Waals surface area contributed by atoms with Crippen molar-refractivity contribution < 1.29 is 9.21 Å². The van der Waals surface area contributed by atoms with Gasteiger partial charge in [0.15, 0.2) is 0 Å². The minimum absolute atomic E-state index is 0.232. The topological polar surface area (TPSA) is 56.2 Å². The summed E-state index contributed by atoms with van der Waals surface area (Å²) in [4.78, 5) is 10.8. The molecule has 0 aliphatic heterocycles. The molecule has 0 unspecified atom stereocenters. The standard InChI is InChI=1S/C12H13NO2/c1-7-3-4-10-9(5-11(13)14)6-15-12(10)8(7)2/h3-4,6H,5H2,1-2H3,(H2,13,14). The van der Waals surface area contributed by atoms with Gasteiger partial charge in [-0.2, -0.15) is 0 Å². The van der Waals surface area contributed by atoms with E-state index in [-0.39, 0.29) is 12.3 Å². The number of carbonyl (C=O) groups excluding carboxylic acids is 1. The van der Waals surface area contributed by atoms with Crippen LogP contribution in [0.2, 0.25) is 0 Å². The van der Waals surface area contributed by atoms with Crippen LogP contribution in [0.3, 0.4) is 0 Å². The summed E-state index contributed by atoms with van der Waals surface area (Å²) in [5.74, 6) is -0.337. The van der Waals surface area contributed by atoms with Crippen LogP contribution in [0.4, 0.5) is 0 Å². The Hall–Kier alpha value is -1.77. The largest absolute Gasteiger partial charge is 0.464 e. The number of carbonyl (C=O) groups is 1. The Kier molecular flexibility index (Phi) is 2.23. The van der Waals surface area contributed by atoms with Crippen molar-refractivity contribution in [3.05, 3.63) is 35.1 Å². The summed E-state index contributed by atoms with van der Waals surface area (Å²) >= 11 is 0. The highest BCUT2D eigenvalue weighted by atomic mass is 16.3. The summed E-state index contributed by atoms with van der Waals surface area (Å²) < 4.78 is 5.45. The molecule has 1 amide bonds. The molecule has 1 heterocycles. The smallest absolute Gasteiger partial charge is 0.221 e. The molecule has 3 heteroatoms. The summed E-state index contributed by atoms with van der Waals surface area (Å²) in [5.41, 5.74) is 9.17. The van der Waals surface area contributed by atoms with Gasteiger partial charge in [0, 0.05) is 10.9 Å². The maximum absolute atomic E-state index is 10.8. The number of primary amides is 1. The SMILES string of the molecule is Cc1ccc2c(CC(N)=O)coc2c1C. The minimum atomic E-state index is -0.337. The van der Waals surface area contributed by atoms with Crippen LogP contribution in [-0.2, 0) is 11.2 Å². The van der Waals surface area contributed by atoms with Gasteiger partial charge >= 0.3 is 0 Å². The van der Waals surface area contributed by atoms with Crippen LogP contribution in [-0.4, -0.2) is 5.91 Å². The number of amides is 1. The van der Waals surface area contributed by atoms with E-state index in [0.29, 0.717) is 0 Å². The van der Waals surface area contributed by atoms with Crippen LogP contribution in [0, 0.1) is 13.8 Å². The van der Waals surface area contributed by atoms with Gasteiger partial charge < -0.3 is 10.2 Å². The van der Waals surface area contributed by atoms with E-state index in [0.717, 1.165) is 22.1 Å². The van der Waals surface area contributed by atoms with Crippen molar-refractivity contribution in [2.24, 2.45) is 5.73 Å². The molecule has 0 spiro atoms. The minimum Gasteiger partial charge on any atom is -0.464 e. The zero-order valence-corrected chi connectivity index (χ0v) is 8.83. The van der Waals surface area contributed by atoms with Gasteiger partial charge in [-0.15, -0.1) is 0 Å². The molecule has 0 radical (unpaired) electrons. The van der Waals surface area contributed by atoms with Crippen molar-refractivity contribution in [1.82, 2.24) is 0 Å². The van der Waals surface area contributed by atoms with Gasteiger partial charge in [0.25, 0.3) is 0 Å². The molecule has 2 rings (SSSR count). The Balaban J connectivity index is 2.61. The molecule has 2 aromatic rings. The lowest BCUT2D eigenvalue weighted by molar-refractivity contribution is -0.117. The van der Waals surface area contributed by atoms with Crippen LogP contribution in [0.1, 0.15) is 16.7 Å². The lowest BCUT2D eigenvalue weighted by Crippen LogP contribution is -2.13. The molecule has 0 saturated carbocycles. The monoisotopic (exact) mass is 203 g/mol. The third kappa shape index (κ3) is 1.61. The number of nitrogens with two attached hydrogens (primary N) is 1. The Morgan fingerprint density at radius 1 is 1.40 bits per heavy atom. The van der Waals surface area contributed by atoms with E-state index in [1.54, 1.807) is 6.26 Å². The van der Waals surface area contributed by atoms with Crippen LogP contribution < -0.4 is 5.73 Å². The third-order valence-corrected chi connectivity index (χ3v) is 2.71.